The van der Waals surface area contributed by atoms with Gasteiger partial charge in [-0.05, 0) is 26.8 Å². The smallest absolute Gasteiger partial charge is 0.325 e. The van der Waals surface area contributed by atoms with Crippen LogP contribution in [-0.4, -0.2) is 30.1 Å². The van der Waals surface area contributed by atoms with E-state index < -0.39 is 0 Å². The molecule has 0 radical (unpaired) electrons. The van der Waals surface area contributed by atoms with Crippen LogP contribution in [0.5, 0.6) is 0 Å². The molecule has 0 atom stereocenters. The fraction of sp³-hybridized carbons (Fsp3) is 0.500. The first-order chi connectivity index (χ1) is 8.06. The van der Waals surface area contributed by atoms with Gasteiger partial charge in [0.25, 0.3) is 0 Å². The van der Waals surface area contributed by atoms with Crippen LogP contribution in [0.4, 0.5) is 11.4 Å². The highest BCUT2D eigenvalue weighted by Crippen LogP contribution is 2.23. The molecule has 1 aromatic rings. The Morgan fingerprint density at radius 3 is 2.82 bits per heavy atom. The minimum absolute atomic E-state index is 0.157. The van der Waals surface area contributed by atoms with Crippen LogP contribution in [0.2, 0.25) is 0 Å². The number of rotatable bonds is 5. The van der Waals surface area contributed by atoms with Crippen molar-refractivity contribution >= 4 is 17.3 Å². The molecule has 0 fully saturated rings. The van der Waals surface area contributed by atoms with Crippen molar-refractivity contribution in [3.8, 4) is 0 Å². The first-order valence-corrected chi connectivity index (χ1v) is 5.68. The second-order valence-electron chi connectivity index (χ2n) is 3.96. The summed E-state index contributed by atoms with van der Waals surface area (Å²) < 4.78 is 4.95. The Kier molecular flexibility index (Phi) is 4.75. The Labute approximate surface area is 102 Å². The molecule has 5 nitrogen and oxygen atoms in total. The summed E-state index contributed by atoms with van der Waals surface area (Å²) in [4.78, 5) is 17.4. The van der Waals surface area contributed by atoms with E-state index in [0.29, 0.717) is 12.3 Å². The van der Waals surface area contributed by atoms with Crippen molar-refractivity contribution in [3.63, 3.8) is 0 Å². The number of nitrogen functional groups attached to an aromatic ring is 1. The van der Waals surface area contributed by atoms with E-state index in [1.54, 1.807) is 25.4 Å². The molecule has 0 aromatic carbocycles. The molecule has 1 heterocycles. The Morgan fingerprint density at radius 1 is 1.59 bits per heavy atom. The molecule has 2 N–H and O–H groups in total. The van der Waals surface area contributed by atoms with Gasteiger partial charge in [-0.15, -0.1) is 0 Å². The lowest BCUT2D eigenvalue weighted by atomic mass is 10.2. The van der Waals surface area contributed by atoms with Gasteiger partial charge in [-0.1, -0.05) is 0 Å². The number of carbonyl (C=O) groups is 1. The number of pyridine rings is 1. The predicted molar refractivity (Wildman–Crippen MR) is 67.8 cm³/mol. The second-order valence-corrected chi connectivity index (χ2v) is 3.96. The number of hydrogen-bond acceptors (Lipinski definition) is 5. The van der Waals surface area contributed by atoms with E-state index in [1.165, 1.54) is 0 Å². The zero-order valence-corrected chi connectivity index (χ0v) is 10.5. The number of nitrogens with zero attached hydrogens (tertiary/aromatic N) is 2. The topological polar surface area (TPSA) is 68.5 Å². The Morgan fingerprint density at radius 2 is 2.29 bits per heavy atom. The predicted octanol–water partition coefficient (Wildman–Crippen LogP) is 1.44. The van der Waals surface area contributed by atoms with Crippen LogP contribution in [0, 0.1) is 0 Å². The molecule has 0 bridgehead atoms. The van der Waals surface area contributed by atoms with Crippen LogP contribution in [0.1, 0.15) is 20.8 Å². The third-order valence-corrected chi connectivity index (χ3v) is 2.37. The zero-order chi connectivity index (χ0) is 12.8. The molecule has 0 aliphatic heterocycles. The monoisotopic (exact) mass is 237 g/mol. The molecule has 0 amide bonds. The highest BCUT2D eigenvalue weighted by atomic mass is 16.5. The SMILES string of the molecule is CCOC(=O)CN(c1ccncc1N)C(C)C. The van der Waals surface area contributed by atoms with E-state index in [-0.39, 0.29) is 18.6 Å². The van der Waals surface area contributed by atoms with E-state index in [1.807, 2.05) is 18.7 Å². The molecular formula is C12H19N3O2. The summed E-state index contributed by atoms with van der Waals surface area (Å²) in [5.74, 6) is -0.252. The van der Waals surface area contributed by atoms with Crippen LogP contribution < -0.4 is 10.6 Å². The van der Waals surface area contributed by atoms with E-state index in [4.69, 9.17) is 10.5 Å². The minimum atomic E-state index is -0.252. The maximum Gasteiger partial charge on any atom is 0.325 e. The van der Waals surface area contributed by atoms with Crippen molar-refractivity contribution in [2.45, 2.75) is 26.8 Å². The largest absolute Gasteiger partial charge is 0.465 e. The minimum Gasteiger partial charge on any atom is -0.465 e. The lowest BCUT2D eigenvalue weighted by Gasteiger charge is -2.28. The number of ether oxygens (including phenoxy) is 1. The van der Waals surface area contributed by atoms with Gasteiger partial charge in [-0.25, -0.2) is 0 Å². The third kappa shape index (κ3) is 3.62. The molecule has 0 saturated carbocycles. The Balaban J connectivity index is 2.87. The van der Waals surface area contributed by atoms with Gasteiger partial charge in [0.1, 0.15) is 6.54 Å². The van der Waals surface area contributed by atoms with E-state index in [0.717, 1.165) is 5.69 Å². The highest BCUT2D eigenvalue weighted by molar-refractivity contribution is 5.78. The van der Waals surface area contributed by atoms with Gasteiger partial charge in [-0.2, -0.15) is 0 Å². The van der Waals surface area contributed by atoms with Gasteiger partial charge in [0.2, 0.25) is 0 Å². The van der Waals surface area contributed by atoms with Crippen molar-refractivity contribution in [3.05, 3.63) is 18.5 Å². The summed E-state index contributed by atoms with van der Waals surface area (Å²) in [5, 5.41) is 0. The van der Waals surface area contributed by atoms with Crippen molar-refractivity contribution in [2.75, 3.05) is 23.8 Å². The molecule has 0 saturated heterocycles. The van der Waals surface area contributed by atoms with E-state index in [2.05, 4.69) is 4.98 Å². The standard InChI is InChI=1S/C12H19N3O2/c1-4-17-12(16)8-15(9(2)3)11-5-6-14-7-10(11)13/h5-7,9H,4,8,13H2,1-3H3. The van der Waals surface area contributed by atoms with Gasteiger partial charge in [-0.3, -0.25) is 9.78 Å². The fourth-order valence-electron chi connectivity index (χ4n) is 1.55. The normalized spacial score (nSPS) is 10.4. The quantitative estimate of drug-likeness (QED) is 0.785. The van der Waals surface area contributed by atoms with Crippen LogP contribution in [0.25, 0.3) is 0 Å². The zero-order valence-electron chi connectivity index (χ0n) is 10.5. The summed E-state index contributed by atoms with van der Waals surface area (Å²) in [6, 6.07) is 1.96. The summed E-state index contributed by atoms with van der Waals surface area (Å²) in [5.41, 5.74) is 7.22. The second kappa shape index (κ2) is 6.08. The van der Waals surface area contributed by atoms with Crippen LogP contribution in [0.3, 0.4) is 0 Å². The summed E-state index contributed by atoms with van der Waals surface area (Å²) in [6.07, 6.45) is 3.24. The third-order valence-electron chi connectivity index (χ3n) is 2.37. The lowest BCUT2D eigenvalue weighted by molar-refractivity contribution is -0.141. The van der Waals surface area contributed by atoms with Crippen molar-refractivity contribution in [1.29, 1.82) is 0 Å². The number of esters is 1. The van der Waals surface area contributed by atoms with E-state index >= 15 is 0 Å². The lowest BCUT2D eigenvalue weighted by Crippen LogP contribution is -2.37. The molecular weight excluding hydrogens is 218 g/mol. The number of hydrogen-bond donors (Lipinski definition) is 1. The first-order valence-electron chi connectivity index (χ1n) is 5.68. The van der Waals surface area contributed by atoms with E-state index in [9.17, 15) is 4.79 Å². The maximum atomic E-state index is 11.5. The van der Waals surface area contributed by atoms with Crippen LogP contribution in [0.15, 0.2) is 18.5 Å². The Hall–Kier alpha value is -1.78. The number of carbonyl (C=O) groups excluding carboxylic acids is 1. The molecule has 0 aliphatic rings. The average molecular weight is 237 g/mol. The van der Waals surface area contributed by atoms with Gasteiger partial charge in [0, 0.05) is 12.2 Å². The van der Waals surface area contributed by atoms with Crippen LogP contribution in [-0.2, 0) is 9.53 Å². The first kappa shape index (κ1) is 13.3. The molecule has 1 aromatic heterocycles. The summed E-state index contributed by atoms with van der Waals surface area (Å²) in [6.45, 7) is 6.37. The average Bonchev–Trinajstić information content (AvgIpc) is 2.27. The molecule has 94 valence electrons. The Bertz CT molecular complexity index is 380. The maximum absolute atomic E-state index is 11.5. The molecule has 5 heteroatoms. The fourth-order valence-corrected chi connectivity index (χ4v) is 1.55. The molecule has 1 rings (SSSR count). The number of aromatic nitrogens is 1. The van der Waals surface area contributed by atoms with Gasteiger partial charge >= 0.3 is 5.97 Å². The van der Waals surface area contributed by atoms with Gasteiger partial charge in [0.15, 0.2) is 0 Å². The summed E-state index contributed by atoms with van der Waals surface area (Å²) >= 11 is 0. The molecule has 0 spiro atoms. The number of nitrogens with two attached hydrogens (primary N) is 1. The molecule has 0 aliphatic carbocycles. The van der Waals surface area contributed by atoms with Gasteiger partial charge < -0.3 is 15.4 Å². The summed E-state index contributed by atoms with van der Waals surface area (Å²) in [7, 11) is 0. The van der Waals surface area contributed by atoms with Crippen molar-refractivity contribution in [1.82, 2.24) is 4.98 Å². The van der Waals surface area contributed by atoms with Gasteiger partial charge in [0.05, 0.1) is 24.2 Å². The number of anilines is 2. The van der Waals surface area contributed by atoms with Crippen molar-refractivity contribution in [2.24, 2.45) is 0 Å². The van der Waals surface area contributed by atoms with Crippen molar-refractivity contribution < 1.29 is 9.53 Å². The molecule has 17 heavy (non-hydrogen) atoms. The van der Waals surface area contributed by atoms with Crippen LogP contribution >= 0.6 is 0 Å². The highest BCUT2D eigenvalue weighted by Gasteiger charge is 2.17. The molecule has 0 unspecified atom stereocenters.